The number of rotatable bonds is 9. The SMILES string of the molecule is CC(NC(=O)c1cc(C#N)cnc1NC(CC(N)=O)c1ccc(-c2c[nH]c3ncnc(N)c23)cc1)c1ccc(F)cc1. The second-order valence-electron chi connectivity index (χ2n) is 9.65. The summed E-state index contributed by atoms with van der Waals surface area (Å²) in [6.07, 6.45) is 4.41. The Morgan fingerprint density at radius 2 is 1.79 bits per heavy atom. The minimum Gasteiger partial charge on any atom is -0.383 e. The molecule has 5 rings (SSSR count). The summed E-state index contributed by atoms with van der Waals surface area (Å²) in [6.45, 7) is 1.75. The van der Waals surface area contributed by atoms with Crippen molar-refractivity contribution in [1.82, 2.24) is 25.3 Å². The number of nitrogen functional groups attached to an aromatic ring is 1. The van der Waals surface area contributed by atoms with E-state index >= 15 is 0 Å². The Bertz CT molecular complexity index is 1810. The van der Waals surface area contributed by atoms with E-state index in [4.69, 9.17) is 11.5 Å². The van der Waals surface area contributed by atoms with Gasteiger partial charge in [-0.25, -0.2) is 19.3 Å². The molecule has 0 saturated carbocycles. The number of fused-ring (bicyclic) bond motifs is 1. The van der Waals surface area contributed by atoms with Gasteiger partial charge in [-0.1, -0.05) is 36.4 Å². The number of anilines is 2. The third kappa shape index (κ3) is 5.85. The fourth-order valence-corrected chi connectivity index (χ4v) is 4.65. The molecule has 0 saturated heterocycles. The molecule has 3 aromatic heterocycles. The van der Waals surface area contributed by atoms with Crippen molar-refractivity contribution in [2.45, 2.75) is 25.4 Å². The van der Waals surface area contributed by atoms with Gasteiger partial charge in [0.15, 0.2) is 0 Å². The zero-order valence-corrected chi connectivity index (χ0v) is 22.4. The van der Waals surface area contributed by atoms with Crippen LogP contribution in [0.5, 0.6) is 0 Å². The number of aromatic amines is 1. The first-order chi connectivity index (χ1) is 20.2. The van der Waals surface area contributed by atoms with Crippen LogP contribution in [0.1, 0.15) is 52.5 Å². The van der Waals surface area contributed by atoms with Gasteiger partial charge in [-0.3, -0.25) is 9.59 Å². The van der Waals surface area contributed by atoms with Gasteiger partial charge in [0, 0.05) is 18.0 Å². The molecule has 42 heavy (non-hydrogen) atoms. The molecule has 11 nitrogen and oxygen atoms in total. The third-order valence-corrected chi connectivity index (χ3v) is 6.82. The number of halogens is 1. The topological polar surface area (TPSA) is 188 Å². The van der Waals surface area contributed by atoms with E-state index in [1.807, 2.05) is 30.3 Å². The summed E-state index contributed by atoms with van der Waals surface area (Å²) in [5.74, 6) is -0.952. The lowest BCUT2D eigenvalue weighted by molar-refractivity contribution is -0.118. The molecular formula is C30H26FN9O2. The highest BCUT2D eigenvalue weighted by molar-refractivity contribution is 6.00. The predicted molar refractivity (Wildman–Crippen MR) is 155 cm³/mol. The van der Waals surface area contributed by atoms with Crippen molar-refractivity contribution in [2.24, 2.45) is 5.73 Å². The summed E-state index contributed by atoms with van der Waals surface area (Å²) in [7, 11) is 0. The lowest BCUT2D eigenvalue weighted by Crippen LogP contribution is -2.29. The first kappa shape index (κ1) is 27.7. The van der Waals surface area contributed by atoms with E-state index in [0.29, 0.717) is 28.0 Å². The largest absolute Gasteiger partial charge is 0.383 e. The Labute approximate surface area is 239 Å². The molecule has 2 aromatic carbocycles. The van der Waals surface area contributed by atoms with E-state index in [0.717, 1.165) is 11.1 Å². The lowest BCUT2D eigenvalue weighted by atomic mass is 9.98. The third-order valence-electron chi connectivity index (χ3n) is 6.82. The van der Waals surface area contributed by atoms with E-state index in [9.17, 15) is 19.2 Å². The fraction of sp³-hybridized carbons (Fsp3) is 0.133. The van der Waals surface area contributed by atoms with Crippen LogP contribution in [-0.4, -0.2) is 31.8 Å². The number of nitrogens with one attached hydrogen (secondary N) is 3. The molecule has 0 bridgehead atoms. The van der Waals surface area contributed by atoms with E-state index in [1.54, 1.807) is 25.3 Å². The van der Waals surface area contributed by atoms with Gasteiger partial charge in [0.1, 0.15) is 35.5 Å². The molecule has 2 amide bonds. The number of benzene rings is 2. The predicted octanol–water partition coefficient (Wildman–Crippen LogP) is 4.13. The highest BCUT2D eigenvalue weighted by atomic mass is 19.1. The monoisotopic (exact) mass is 563 g/mol. The number of hydrogen-bond acceptors (Lipinski definition) is 8. The van der Waals surface area contributed by atoms with Crippen LogP contribution in [0.25, 0.3) is 22.2 Å². The molecular weight excluding hydrogens is 537 g/mol. The van der Waals surface area contributed by atoms with Crippen molar-refractivity contribution in [2.75, 3.05) is 11.1 Å². The molecule has 5 aromatic rings. The molecule has 7 N–H and O–H groups in total. The smallest absolute Gasteiger partial charge is 0.255 e. The normalized spacial score (nSPS) is 12.3. The maximum Gasteiger partial charge on any atom is 0.255 e. The van der Waals surface area contributed by atoms with Crippen LogP contribution in [-0.2, 0) is 4.79 Å². The van der Waals surface area contributed by atoms with Gasteiger partial charge in [0.05, 0.1) is 35.0 Å². The molecule has 0 fully saturated rings. The van der Waals surface area contributed by atoms with Crippen LogP contribution in [0.15, 0.2) is 73.3 Å². The van der Waals surface area contributed by atoms with Crippen molar-refractivity contribution in [3.63, 3.8) is 0 Å². The van der Waals surface area contributed by atoms with Crippen LogP contribution in [0, 0.1) is 17.1 Å². The number of carbonyl (C=O) groups excluding carboxylic acids is 2. The number of hydrogen-bond donors (Lipinski definition) is 5. The van der Waals surface area contributed by atoms with Gasteiger partial charge in [0.25, 0.3) is 5.91 Å². The number of nitrogens with zero attached hydrogens (tertiary/aromatic N) is 4. The minimum absolute atomic E-state index is 0.0953. The minimum atomic E-state index is -0.644. The van der Waals surface area contributed by atoms with E-state index < -0.39 is 23.9 Å². The Kier molecular flexibility index (Phi) is 7.74. The summed E-state index contributed by atoms with van der Waals surface area (Å²) in [5.41, 5.74) is 15.6. The Morgan fingerprint density at radius 3 is 2.48 bits per heavy atom. The van der Waals surface area contributed by atoms with E-state index in [1.165, 1.54) is 30.7 Å². The summed E-state index contributed by atoms with van der Waals surface area (Å²) in [4.78, 5) is 41.1. The molecule has 0 aliphatic carbocycles. The second-order valence-corrected chi connectivity index (χ2v) is 9.65. The van der Waals surface area contributed by atoms with E-state index in [2.05, 4.69) is 30.6 Å². The number of pyridine rings is 1. The van der Waals surface area contributed by atoms with Gasteiger partial charge in [0.2, 0.25) is 5.91 Å². The lowest BCUT2D eigenvalue weighted by Gasteiger charge is -2.21. The highest BCUT2D eigenvalue weighted by Gasteiger charge is 2.22. The van der Waals surface area contributed by atoms with Crippen molar-refractivity contribution < 1.29 is 14.0 Å². The first-order valence-corrected chi connectivity index (χ1v) is 12.9. The van der Waals surface area contributed by atoms with Crippen LogP contribution in [0.2, 0.25) is 0 Å². The summed E-state index contributed by atoms with van der Waals surface area (Å²) in [5, 5.41) is 16.1. The number of nitrogens with two attached hydrogens (primary N) is 2. The average molecular weight is 564 g/mol. The zero-order chi connectivity index (χ0) is 29.8. The first-order valence-electron chi connectivity index (χ1n) is 12.9. The molecule has 12 heteroatoms. The van der Waals surface area contributed by atoms with Crippen LogP contribution in [0.3, 0.4) is 0 Å². The van der Waals surface area contributed by atoms with Crippen LogP contribution < -0.4 is 22.1 Å². The van der Waals surface area contributed by atoms with E-state index in [-0.39, 0.29) is 29.2 Å². The number of carbonyl (C=O) groups is 2. The number of nitriles is 1. The van der Waals surface area contributed by atoms with Gasteiger partial charge >= 0.3 is 0 Å². The number of aromatic nitrogens is 4. The molecule has 2 atom stereocenters. The molecule has 0 radical (unpaired) electrons. The molecule has 0 aliphatic rings. The summed E-state index contributed by atoms with van der Waals surface area (Å²) >= 11 is 0. The van der Waals surface area contributed by atoms with Gasteiger partial charge in [-0.2, -0.15) is 5.26 Å². The number of amides is 2. The molecule has 2 unspecified atom stereocenters. The Hall–Kier alpha value is -5.83. The average Bonchev–Trinajstić information content (AvgIpc) is 3.43. The molecule has 210 valence electrons. The van der Waals surface area contributed by atoms with Crippen molar-refractivity contribution in [3.8, 4) is 17.2 Å². The van der Waals surface area contributed by atoms with Crippen molar-refractivity contribution in [1.29, 1.82) is 5.26 Å². The second kappa shape index (κ2) is 11.7. The van der Waals surface area contributed by atoms with Gasteiger partial charge < -0.3 is 27.1 Å². The number of H-pyrrole nitrogens is 1. The summed E-state index contributed by atoms with van der Waals surface area (Å²) in [6, 6.07) is 15.5. The van der Waals surface area contributed by atoms with Gasteiger partial charge in [-0.15, -0.1) is 0 Å². The zero-order valence-electron chi connectivity index (χ0n) is 22.4. The standard InChI is InChI=1S/C30H26FN9O2/c1-16(18-6-8-21(31)9-7-18)39-30(42)22-10-17(12-32)13-35-28(22)40-24(11-25(33)41)20-4-2-19(3-5-20)23-14-36-29-26(23)27(34)37-15-38-29/h2-10,13-16,24H,11H2,1H3,(H2,33,41)(H,35,40)(H,39,42)(H3,34,36,37,38). The Balaban J connectivity index is 1.43. The summed E-state index contributed by atoms with van der Waals surface area (Å²) < 4.78 is 13.4. The van der Waals surface area contributed by atoms with Crippen molar-refractivity contribution >= 4 is 34.5 Å². The van der Waals surface area contributed by atoms with Gasteiger partial charge in [-0.05, 0) is 41.8 Å². The molecule has 3 heterocycles. The van der Waals surface area contributed by atoms with Crippen molar-refractivity contribution in [3.05, 3.63) is 101 Å². The number of primary amides is 1. The Morgan fingerprint density at radius 1 is 1.07 bits per heavy atom. The maximum absolute atomic E-state index is 13.4. The van der Waals surface area contributed by atoms with Crippen LogP contribution >= 0.6 is 0 Å². The highest BCUT2D eigenvalue weighted by Crippen LogP contribution is 2.32. The molecule has 0 spiro atoms. The fourth-order valence-electron chi connectivity index (χ4n) is 4.65. The van der Waals surface area contributed by atoms with Crippen LogP contribution in [0.4, 0.5) is 16.0 Å². The maximum atomic E-state index is 13.4. The molecule has 0 aliphatic heterocycles. The quantitative estimate of drug-likeness (QED) is 0.177.